The number of carbonyl (C=O) groups excluding carboxylic acids is 1. The van der Waals surface area contributed by atoms with E-state index in [2.05, 4.69) is 30.4 Å². The molecule has 0 unspecified atom stereocenters. The SMILES string of the molecule is O=C(NCc1ccc(S(=O)(=O)c2cccc(N3CCCCC3)c2)cn1)c1cnc2[nH]ncc2c1. The number of fused-ring (bicyclic) bond motifs is 1. The molecule has 1 amide bonds. The van der Waals surface area contributed by atoms with Gasteiger partial charge in [0, 0.05) is 36.6 Å². The van der Waals surface area contributed by atoms with Crippen LogP contribution in [0.25, 0.3) is 11.0 Å². The van der Waals surface area contributed by atoms with Gasteiger partial charge in [0.15, 0.2) is 5.65 Å². The molecule has 0 aliphatic carbocycles. The lowest BCUT2D eigenvalue weighted by Crippen LogP contribution is -2.29. The van der Waals surface area contributed by atoms with Crippen LogP contribution < -0.4 is 10.2 Å². The number of carbonyl (C=O) groups is 1. The van der Waals surface area contributed by atoms with Crippen molar-refractivity contribution in [2.24, 2.45) is 0 Å². The number of hydrogen-bond acceptors (Lipinski definition) is 7. The molecule has 4 aromatic rings. The van der Waals surface area contributed by atoms with E-state index < -0.39 is 9.84 Å². The van der Waals surface area contributed by atoms with Gasteiger partial charge < -0.3 is 10.2 Å². The maximum Gasteiger partial charge on any atom is 0.253 e. The highest BCUT2D eigenvalue weighted by Crippen LogP contribution is 2.26. The Kier molecular flexibility index (Phi) is 5.97. The fraction of sp³-hybridized carbons (Fsp3) is 0.250. The molecule has 1 aliphatic rings. The average molecular weight is 477 g/mol. The number of piperidine rings is 1. The van der Waals surface area contributed by atoms with Crippen LogP contribution >= 0.6 is 0 Å². The number of aromatic amines is 1. The maximum atomic E-state index is 13.2. The standard InChI is InChI=1S/C24H24N6O3S/c31-24(18-11-17-14-28-29-23(17)26-13-18)27-15-19-7-8-22(16-25-19)34(32,33)21-6-4-5-20(12-21)30-9-2-1-3-10-30/h4-8,11-14,16H,1-3,9-10,15H2,(H,27,31)(H,26,28,29). The number of sulfone groups is 1. The molecule has 1 saturated heterocycles. The summed E-state index contributed by atoms with van der Waals surface area (Å²) in [5.74, 6) is -0.302. The maximum absolute atomic E-state index is 13.2. The average Bonchev–Trinajstić information content (AvgIpc) is 3.36. The monoisotopic (exact) mass is 476 g/mol. The highest BCUT2D eigenvalue weighted by molar-refractivity contribution is 7.91. The molecule has 34 heavy (non-hydrogen) atoms. The summed E-state index contributed by atoms with van der Waals surface area (Å²) < 4.78 is 26.3. The number of H-pyrrole nitrogens is 1. The zero-order valence-electron chi connectivity index (χ0n) is 18.4. The predicted octanol–water partition coefficient (Wildman–Crippen LogP) is 3.11. The van der Waals surface area contributed by atoms with Crippen molar-refractivity contribution in [2.45, 2.75) is 35.6 Å². The number of hydrogen-bond donors (Lipinski definition) is 2. The first-order chi connectivity index (χ1) is 16.5. The van der Waals surface area contributed by atoms with Crippen LogP contribution in [0.15, 0.2) is 70.8 Å². The lowest BCUT2D eigenvalue weighted by Gasteiger charge is -2.29. The number of pyridine rings is 2. The molecule has 0 spiro atoms. The van der Waals surface area contributed by atoms with Gasteiger partial charge in [-0.15, -0.1) is 0 Å². The quantitative estimate of drug-likeness (QED) is 0.439. The minimum atomic E-state index is -3.70. The highest BCUT2D eigenvalue weighted by atomic mass is 32.2. The molecular formula is C24H24N6O3S. The molecule has 174 valence electrons. The van der Waals surface area contributed by atoms with E-state index >= 15 is 0 Å². The van der Waals surface area contributed by atoms with E-state index in [4.69, 9.17) is 0 Å². The summed E-state index contributed by atoms with van der Waals surface area (Å²) in [7, 11) is -3.70. The van der Waals surface area contributed by atoms with Gasteiger partial charge in [0.05, 0.1) is 33.8 Å². The Morgan fingerprint density at radius 1 is 0.971 bits per heavy atom. The van der Waals surface area contributed by atoms with Crippen LogP contribution in [0.1, 0.15) is 35.3 Å². The summed E-state index contributed by atoms with van der Waals surface area (Å²) in [4.78, 5) is 23.5. The van der Waals surface area contributed by atoms with E-state index in [1.807, 2.05) is 6.07 Å². The fourth-order valence-electron chi connectivity index (χ4n) is 4.04. The van der Waals surface area contributed by atoms with Crippen molar-refractivity contribution in [3.63, 3.8) is 0 Å². The molecule has 10 heteroatoms. The van der Waals surface area contributed by atoms with Gasteiger partial charge in [-0.05, 0) is 55.7 Å². The number of anilines is 1. The first-order valence-corrected chi connectivity index (χ1v) is 12.6. The smallest absolute Gasteiger partial charge is 0.253 e. The summed E-state index contributed by atoms with van der Waals surface area (Å²) >= 11 is 0. The Morgan fingerprint density at radius 2 is 1.82 bits per heavy atom. The molecular weight excluding hydrogens is 452 g/mol. The minimum absolute atomic E-state index is 0.119. The van der Waals surface area contributed by atoms with E-state index in [9.17, 15) is 13.2 Å². The summed E-state index contributed by atoms with van der Waals surface area (Å²) in [6.45, 7) is 2.04. The first-order valence-electron chi connectivity index (χ1n) is 11.1. The molecule has 1 aromatic carbocycles. The Bertz CT molecular complexity index is 1430. The van der Waals surface area contributed by atoms with Gasteiger partial charge in [-0.2, -0.15) is 5.10 Å². The van der Waals surface area contributed by atoms with Crippen LogP contribution in [0, 0.1) is 0 Å². The van der Waals surface area contributed by atoms with Crippen LogP contribution in [0.5, 0.6) is 0 Å². The third-order valence-electron chi connectivity index (χ3n) is 5.94. The van der Waals surface area contributed by atoms with Crippen molar-refractivity contribution in [1.82, 2.24) is 25.5 Å². The summed E-state index contributed by atoms with van der Waals surface area (Å²) in [5.41, 5.74) is 2.49. The van der Waals surface area contributed by atoms with E-state index in [1.54, 1.807) is 36.5 Å². The molecule has 5 rings (SSSR count). The first kappa shape index (κ1) is 22.0. The van der Waals surface area contributed by atoms with Crippen molar-refractivity contribution in [2.75, 3.05) is 18.0 Å². The summed E-state index contributed by atoms with van der Waals surface area (Å²) in [6.07, 6.45) is 7.85. The highest BCUT2D eigenvalue weighted by Gasteiger charge is 2.20. The Balaban J connectivity index is 1.27. The molecule has 4 heterocycles. The largest absolute Gasteiger partial charge is 0.372 e. The number of benzene rings is 1. The van der Waals surface area contributed by atoms with Gasteiger partial charge in [0.25, 0.3) is 5.91 Å². The minimum Gasteiger partial charge on any atom is -0.372 e. The van der Waals surface area contributed by atoms with Crippen molar-refractivity contribution in [1.29, 1.82) is 0 Å². The van der Waals surface area contributed by atoms with Crippen LogP contribution in [0.2, 0.25) is 0 Å². The van der Waals surface area contributed by atoms with Gasteiger partial charge in [0.1, 0.15) is 0 Å². The second kappa shape index (κ2) is 9.22. The zero-order chi connectivity index (χ0) is 23.5. The summed E-state index contributed by atoms with van der Waals surface area (Å²) in [6, 6.07) is 11.9. The van der Waals surface area contributed by atoms with Crippen molar-refractivity contribution >= 4 is 32.5 Å². The molecule has 0 bridgehead atoms. The zero-order valence-corrected chi connectivity index (χ0v) is 19.3. The third-order valence-corrected chi connectivity index (χ3v) is 7.68. The molecule has 2 N–H and O–H groups in total. The van der Waals surface area contributed by atoms with Crippen molar-refractivity contribution < 1.29 is 13.2 Å². The van der Waals surface area contributed by atoms with Gasteiger partial charge in [0.2, 0.25) is 9.84 Å². The normalized spacial score (nSPS) is 14.3. The third kappa shape index (κ3) is 4.49. The van der Waals surface area contributed by atoms with Crippen LogP contribution in [0.4, 0.5) is 5.69 Å². The number of rotatable bonds is 6. The van der Waals surface area contributed by atoms with E-state index in [1.165, 1.54) is 24.9 Å². The number of aromatic nitrogens is 4. The molecule has 0 atom stereocenters. The molecule has 0 saturated carbocycles. The van der Waals surface area contributed by atoms with E-state index in [0.29, 0.717) is 16.9 Å². The van der Waals surface area contributed by atoms with Crippen LogP contribution in [-0.4, -0.2) is 47.6 Å². The second-order valence-corrected chi connectivity index (χ2v) is 10.2. The summed E-state index contributed by atoms with van der Waals surface area (Å²) in [5, 5.41) is 10.2. The number of nitrogens with one attached hydrogen (secondary N) is 2. The van der Waals surface area contributed by atoms with Gasteiger partial charge in [-0.3, -0.25) is 14.9 Å². The van der Waals surface area contributed by atoms with E-state index in [-0.39, 0.29) is 22.2 Å². The molecule has 1 fully saturated rings. The Morgan fingerprint density at radius 3 is 2.62 bits per heavy atom. The Hall–Kier alpha value is -3.79. The van der Waals surface area contributed by atoms with E-state index in [0.717, 1.165) is 37.0 Å². The number of amides is 1. The van der Waals surface area contributed by atoms with Gasteiger partial charge >= 0.3 is 0 Å². The predicted molar refractivity (Wildman–Crippen MR) is 127 cm³/mol. The molecule has 0 radical (unpaired) electrons. The van der Waals surface area contributed by atoms with Crippen LogP contribution in [0.3, 0.4) is 0 Å². The Labute approximate surface area is 197 Å². The molecule has 1 aliphatic heterocycles. The second-order valence-electron chi connectivity index (χ2n) is 8.25. The fourth-order valence-corrected chi connectivity index (χ4v) is 5.29. The lowest BCUT2D eigenvalue weighted by atomic mass is 10.1. The van der Waals surface area contributed by atoms with Gasteiger partial charge in [-0.1, -0.05) is 6.07 Å². The van der Waals surface area contributed by atoms with Crippen molar-refractivity contribution in [3.8, 4) is 0 Å². The van der Waals surface area contributed by atoms with Crippen molar-refractivity contribution in [3.05, 3.63) is 72.3 Å². The van der Waals surface area contributed by atoms with Crippen LogP contribution in [-0.2, 0) is 16.4 Å². The molecule has 9 nitrogen and oxygen atoms in total. The topological polar surface area (TPSA) is 121 Å². The van der Waals surface area contributed by atoms with Gasteiger partial charge in [-0.25, -0.2) is 13.4 Å². The number of nitrogens with zero attached hydrogens (tertiary/aromatic N) is 4. The lowest BCUT2D eigenvalue weighted by molar-refractivity contribution is 0.0950. The molecule has 3 aromatic heterocycles.